The first-order valence-corrected chi connectivity index (χ1v) is 10.1. The minimum atomic E-state index is -0.568. The van der Waals surface area contributed by atoms with Crippen LogP contribution >= 0.6 is 0 Å². The molecule has 1 heterocycles. The zero-order valence-electron chi connectivity index (χ0n) is 17.9. The van der Waals surface area contributed by atoms with Crippen LogP contribution in [0.2, 0.25) is 0 Å². The minimum Gasteiger partial charge on any atom is -0.339 e. The number of benzene rings is 1. The molecular formula is C22H27N5O3. The number of hydrogen-bond acceptors (Lipinski definition) is 5. The molecule has 0 aliphatic carbocycles. The van der Waals surface area contributed by atoms with Gasteiger partial charge in [-0.3, -0.25) is 14.4 Å². The van der Waals surface area contributed by atoms with Gasteiger partial charge in [-0.15, -0.1) is 0 Å². The number of anilines is 1. The Balaban J connectivity index is 2.18. The second-order valence-electron chi connectivity index (χ2n) is 6.68. The maximum Gasteiger partial charge on any atom is 0.285 e. The quantitative estimate of drug-likeness (QED) is 0.720. The van der Waals surface area contributed by atoms with Gasteiger partial charge >= 0.3 is 0 Å². The van der Waals surface area contributed by atoms with Crippen LogP contribution < -0.4 is 10.9 Å². The lowest BCUT2D eigenvalue weighted by Crippen LogP contribution is -2.33. The van der Waals surface area contributed by atoms with Crippen molar-refractivity contribution in [3.8, 4) is 6.07 Å². The molecule has 0 atom stereocenters. The van der Waals surface area contributed by atoms with Gasteiger partial charge in [-0.05, 0) is 56.5 Å². The molecule has 0 radical (unpaired) electrons. The van der Waals surface area contributed by atoms with Crippen LogP contribution in [0.4, 0.5) is 5.69 Å². The zero-order valence-corrected chi connectivity index (χ0v) is 17.9. The topological polar surface area (TPSA) is 108 Å². The molecule has 8 nitrogen and oxygen atoms in total. The van der Waals surface area contributed by atoms with Gasteiger partial charge < -0.3 is 10.2 Å². The van der Waals surface area contributed by atoms with Crippen molar-refractivity contribution in [1.29, 1.82) is 5.26 Å². The van der Waals surface area contributed by atoms with Crippen LogP contribution in [0.15, 0.2) is 29.1 Å². The maximum absolute atomic E-state index is 12.5. The van der Waals surface area contributed by atoms with Crippen LogP contribution in [0.5, 0.6) is 0 Å². The third kappa shape index (κ3) is 4.92. The van der Waals surface area contributed by atoms with Gasteiger partial charge in [0.25, 0.3) is 11.5 Å². The van der Waals surface area contributed by atoms with Crippen molar-refractivity contribution in [2.45, 2.75) is 47.1 Å². The summed E-state index contributed by atoms with van der Waals surface area (Å²) in [6, 6.07) is 8.54. The van der Waals surface area contributed by atoms with Crippen molar-refractivity contribution in [2.75, 3.05) is 18.4 Å². The lowest BCUT2D eigenvalue weighted by atomic mass is 10.0. The van der Waals surface area contributed by atoms with E-state index in [-0.39, 0.29) is 18.0 Å². The van der Waals surface area contributed by atoms with Gasteiger partial charge in [0.2, 0.25) is 5.91 Å². The molecule has 2 amide bonds. The number of aryl methyl sites for hydroxylation is 1. The summed E-state index contributed by atoms with van der Waals surface area (Å²) in [6.45, 7) is 8.53. The van der Waals surface area contributed by atoms with Gasteiger partial charge in [-0.25, -0.2) is 4.68 Å². The molecule has 1 N–H and O–H groups in total. The van der Waals surface area contributed by atoms with E-state index < -0.39 is 11.5 Å². The summed E-state index contributed by atoms with van der Waals surface area (Å²) in [6.07, 6.45) is 1.09. The van der Waals surface area contributed by atoms with E-state index in [0.717, 1.165) is 4.68 Å². The summed E-state index contributed by atoms with van der Waals surface area (Å²) in [5.41, 5.74) is 1.79. The van der Waals surface area contributed by atoms with Crippen molar-refractivity contribution in [1.82, 2.24) is 14.7 Å². The highest BCUT2D eigenvalue weighted by molar-refractivity contribution is 5.95. The molecule has 30 heavy (non-hydrogen) atoms. The van der Waals surface area contributed by atoms with Crippen LogP contribution in [-0.2, 0) is 24.2 Å². The summed E-state index contributed by atoms with van der Waals surface area (Å²) in [4.78, 5) is 39.0. The molecule has 2 rings (SSSR count). The fraction of sp³-hybridized carbons (Fsp3) is 0.409. The third-order valence-electron chi connectivity index (χ3n) is 4.90. The largest absolute Gasteiger partial charge is 0.339 e. The molecule has 8 heteroatoms. The van der Waals surface area contributed by atoms with Crippen LogP contribution in [-0.4, -0.2) is 39.6 Å². The molecule has 2 aromatic rings. The number of hydrogen-bond donors (Lipinski definition) is 1. The van der Waals surface area contributed by atoms with Crippen LogP contribution in [0.3, 0.4) is 0 Å². The highest BCUT2D eigenvalue weighted by Gasteiger charge is 2.17. The van der Waals surface area contributed by atoms with E-state index >= 15 is 0 Å². The lowest BCUT2D eigenvalue weighted by molar-refractivity contribution is -0.117. The van der Waals surface area contributed by atoms with Crippen molar-refractivity contribution in [2.24, 2.45) is 0 Å². The Kier molecular flexibility index (Phi) is 7.87. The molecule has 0 bridgehead atoms. The number of rotatable bonds is 8. The van der Waals surface area contributed by atoms with Gasteiger partial charge in [0, 0.05) is 24.3 Å². The van der Waals surface area contributed by atoms with Crippen molar-refractivity contribution in [3.63, 3.8) is 0 Å². The minimum absolute atomic E-state index is 0.0383. The molecule has 0 saturated carbocycles. The average molecular weight is 409 g/mol. The van der Waals surface area contributed by atoms with Crippen molar-refractivity contribution < 1.29 is 9.59 Å². The first kappa shape index (κ1) is 22.8. The van der Waals surface area contributed by atoms with Gasteiger partial charge in [-0.1, -0.05) is 13.8 Å². The Bertz CT molecular complexity index is 1010. The Morgan fingerprint density at radius 1 is 1.10 bits per heavy atom. The SMILES string of the molecule is CCc1nn(CC(=O)Nc2ccc(C(=O)N(CC)CC)cc2)c(=O)c(C#N)c1CC. The molecule has 0 fully saturated rings. The normalized spacial score (nSPS) is 10.4. The van der Waals surface area contributed by atoms with Crippen LogP contribution in [0, 0.1) is 11.3 Å². The van der Waals surface area contributed by atoms with Gasteiger partial charge in [0.15, 0.2) is 0 Å². The molecule has 0 saturated heterocycles. The molecular weight excluding hydrogens is 382 g/mol. The number of nitrogens with zero attached hydrogens (tertiary/aromatic N) is 4. The second kappa shape index (κ2) is 10.3. The first-order valence-electron chi connectivity index (χ1n) is 10.1. The Morgan fingerprint density at radius 2 is 1.73 bits per heavy atom. The smallest absolute Gasteiger partial charge is 0.285 e. The Morgan fingerprint density at radius 3 is 2.23 bits per heavy atom. The monoisotopic (exact) mass is 409 g/mol. The number of carbonyl (C=O) groups is 2. The number of amides is 2. The number of nitriles is 1. The van der Waals surface area contributed by atoms with E-state index in [1.165, 1.54) is 0 Å². The molecule has 1 aromatic carbocycles. The van der Waals surface area contributed by atoms with Gasteiger partial charge in [-0.2, -0.15) is 10.4 Å². The molecule has 0 unspecified atom stereocenters. The Hall–Kier alpha value is -3.47. The fourth-order valence-corrected chi connectivity index (χ4v) is 3.27. The third-order valence-corrected chi connectivity index (χ3v) is 4.90. The average Bonchev–Trinajstić information content (AvgIpc) is 2.75. The summed E-state index contributed by atoms with van der Waals surface area (Å²) in [7, 11) is 0. The predicted molar refractivity (Wildman–Crippen MR) is 114 cm³/mol. The summed E-state index contributed by atoms with van der Waals surface area (Å²) in [5.74, 6) is -0.511. The van der Waals surface area contributed by atoms with Gasteiger partial charge in [0.05, 0.1) is 5.69 Å². The van der Waals surface area contributed by atoms with E-state index in [4.69, 9.17) is 0 Å². The van der Waals surface area contributed by atoms with Crippen LogP contribution in [0.1, 0.15) is 54.9 Å². The molecule has 0 aliphatic rings. The summed E-state index contributed by atoms with van der Waals surface area (Å²) in [5, 5.41) is 16.3. The first-order chi connectivity index (χ1) is 14.4. The number of aromatic nitrogens is 2. The standard InChI is InChI=1S/C22H27N5O3/c1-5-17-18(13-23)22(30)27(25-19(17)6-2)14-20(28)24-16-11-9-15(10-12-16)21(29)26(7-3)8-4/h9-12H,5-8,14H2,1-4H3,(H,24,28). The fourth-order valence-electron chi connectivity index (χ4n) is 3.27. The number of nitrogens with one attached hydrogen (secondary N) is 1. The summed E-state index contributed by atoms with van der Waals surface area (Å²) >= 11 is 0. The van der Waals surface area contributed by atoms with Crippen LogP contribution in [0.25, 0.3) is 0 Å². The van der Waals surface area contributed by atoms with E-state index in [1.807, 2.05) is 33.8 Å². The molecule has 0 aliphatic heterocycles. The second-order valence-corrected chi connectivity index (χ2v) is 6.68. The number of carbonyl (C=O) groups excluding carboxylic acids is 2. The maximum atomic E-state index is 12.5. The van der Waals surface area contributed by atoms with E-state index in [9.17, 15) is 19.6 Å². The zero-order chi connectivity index (χ0) is 22.3. The van der Waals surface area contributed by atoms with Gasteiger partial charge in [0.1, 0.15) is 18.2 Å². The van der Waals surface area contributed by atoms with E-state index in [1.54, 1.807) is 29.2 Å². The van der Waals surface area contributed by atoms with E-state index in [2.05, 4.69) is 10.4 Å². The van der Waals surface area contributed by atoms with Crippen molar-refractivity contribution in [3.05, 3.63) is 57.0 Å². The molecule has 158 valence electrons. The highest BCUT2D eigenvalue weighted by Crippen LogP contribution is 2.13. The predicted octanol–water partition coefficient (Wildman–Crippen LogP) is 2.36. The van der Waals surface area contributed by atoms with E-state index in [0.29, 0.717) is 48.4 Å². The Labute approximate surface area is 176 Å². The molecule has 1 aromatic heterocycles. The lowest BCUT2D eigenvalue weighted by Gasteiger charge is -2.18. The molecule has 0 spiro atoms. The highest BCUT2D eigenvalue weighted by atomic mass is 16.2. The summed E-state index contributed by atoms with van der Waals surface area (Å²) < 4.78 is 1.03. The van der Waals surface area contributed by atoms with Crippen molar-refractivity contribution >= 4 is 17.5 Å².